The lowest BCUT2D eigenvalue weighted by Crippen LogP contribution is -1.92. The standard InChI is InChI=1S/C14H10N6S/c1-2-4-11(5-3-1)20-7-10(6-17-20)12-8-21-14(18-12)13-15-9-16-19-13/h1-9H,(H,15,16,19). The van der Waals surface area contributed by atoms with Crippen molar-refractivity contribution in [3.8, 4) is 27.8 Å². The van der Waals surface area contributed by atoms with Crippen LogP contribution in [0.5, 0.6) is 0 Å². The number of H-pyrrole nitrogens is 1. The average molecular weight is 294 g/mol. The Balaban J connectivity index is 1.67. The largest absolute Gasteiger partial charge is 0.257 e. The van der Waals surface area contributed by atoms with E-state index >= 15 is 0 Å². The highest BCUT2D eigenvalue weighted by Crippen LogP contribution is 2.26. The Kier molecular flexibility index (Phi) is 2.82. The summed E-state index contributed by atoms with van der Waals surface area (Å²) in [5, 5.41) is 13.8. The molecular formula is C14H10N6S. The molecule has 0 aliphatic rings. The lowest BCUT2D eigenvalue weighted by atomic mass is 10.3. The fourth-order valence-electron chi connectivity index (χ4n) is 2.00. The summed E-state index contributed by atoms with van der Waals surface area (Å²) in [6, 6.07) is 9.98. The van der Waals surface area contributed by atoms with E-state index in [1.807, 2.05) is 52.8 Å². The Morgan fingerprint density at radius 3 is 2.86 bits per heavy atom. The summed E-state index contributed by atoms with van der Waals surface area (Å²) < 4.78 is 1.84. The first-order valence-electron chi connectivity index (χ1n) is 6.32. The summed E-state index contributed by atoms with van der Waals surface area (Å²) >= 11 is 1.53. The molecule has 6 nitrogen and oxygen atoms in total. The number of rotatable bonds is 3. The first-order valence-corrected chi connectivity index (χ1v) is 7.20. The Labute approximate surface area is 124 Å². The van der Waals surface area contributed by atoms with Gasteiger partial charge in [0.25, 0.3) is 0 Å². The van der Waals surface area contributed by atoms with Gasteiger partial charge in [-0.05, 0) is 12.1 Å². The maximum Gasteiger partial charge on any atom is 0.184 e. The minimum atomic E-state index is 0.682. The molecule has 3 aromatic heterocycles. The number of nitrogens with zero attached hydrogens (tertiary/aromatic N) is 5. The molecule has 0 aliphatic carbocycles. The lowest BCUT2D eigenvalue weighted by molar-refractivity contribution is 0.881. The van der Waals surface area contributed by atoms with E-state index in [0.717, 1.165) is 22.0 Å². The highest BCUT2D eigenvalue weighted by atomic mass is 32.1. The van der Waals surface area contributed by atoms with E-state index in [1.165, 1.54) is 17.7 Å². The summed E-state index contributed by atoms with van der Waals surface area (Å²) in [7, 11) is 0. The van der Waals surface area contributed by atoms with Gasteiger partial charge in [0, 0.05) is 17.1 Å². The van der Waals surface area contributed by atoms with E-state index in [2.05, 4.69) is 25.3 Å². The number of hydrogen-bond donors (Lipinski definition) is 1. The second-order valence-electron chi connectivity index (χ2n) is 4.38. The molecule has 3 heterocycles. The topological polar surface area (TPSA) is 72.3 Å². The van der Waals surface area contributed by atoms with E-state index in [1.54, 1.807) is 0 Å². The molecule has 4 aromatic rings. The van der Waals surface area contributed by atoms with Crippen LogP contribution < -0.4 is 0 Å². The van der Waals surface area contributed by atoms with Gasteiger partial charge in [-0.2, -0.15) is 10.2 Å². The van der Waals surface area contributed by atoms with Crippen LogP contribution >= 0.6 is 11.3 Å². The van der Waals surface area contributed by atoms with Gasteiger partial charge in [0.05, 0.1) is 17.6 Å². The molecule has 7 heteroatoms. The van der Waals surface area contributed by atoms with Crippen LogP contribution in [0.4, 0.5) is 0 Å². The van der Waals surface area contributed by atoms with Crippen LogP contribution in [-0.2, 0) is 0 Å². The van der Waals surface area contributed by atoms with Crippen molar-refractivity contribution in [2.75, 3.05) is 0 Å². The second-order valence-corrected chi connectivity index (χ2v) is 5.24. The van der Waals surface area contributed by atoms with Crippen LogP contribution in [0.1, 0.15) is 0 Å². The molecule has 4 rings (SSSR count). The highest BCUT2D eigenvalue weighted by Gasteiger charge is 2.10. The predicted molar refractivity (Wildman–Crippen MR) is 80.0 cm³/mol. The fraction of sp³-hybridized carbons (Fsp3) is 0. The summed E-state index contributed by atoms with van der Waals surface area (Å²) in [5.41, 5.74) is 2.88. The smallest absolute Gasteiger partial charge is 0.184 e. The van der Waals surface area contributed by atoms with Gasteiger partial charge in [0.15, 0.2) is 10.8 Å². The summed E-state index contributed by atoms with van der Waals surface area (Å²) in [4.78, 5) is 8.67. The van der Waals surface area contributed by atoms with Crippen molar-refractivity contribution in [3.05, 3.63) is 54.4 Å². The molecule has 0 atom stereocenters. The number of aromatic amines is 1. The Morgan fingerprint density at radius 1 is 1.14 bits per heavy atom. The Morgan fingerprint density at radius 2 is 2.05 bits per heavy atom. The Hall–Kier alpha value is -2.80. The van der Waals surface area contributed by atoms with Crippen LogP contribution in [0, 0.1) is 0 Å². The number of para-hydroxylation sites is 1. The zero-order chi connectivity index (χ0) is 14.1. The summed E-state index contributed by atoms with van der Waals surface area (Å²) in [5.74, 6) is 0.682. The molecule has 1 aromatic carbocycles. The molecule has 21 heavy (non-hydrogen) atoms. The SMILES string of the molecule is c1ccc(-n2cc(-c3csc(-c4ncn[nH]4)n3)cn2)cc1. The number of aromatic nitrogens is 6. The molecule has 0 bridgehead atoms. The van der Waals surface area contributed by atoms with Crippen LogP contribution in [-0.4, -0.2) is 29.9 Å². The van der Waals surface area contributed by atoms with Crippen molar-refractivity contribution in [1.82, 2.24) is 29.9 Å². The normalized spacial score (nSPS) is 10.9. The molecule has 0 saturated heterocycles. The van der Waals surface area contributed by atoms with Crippen molar-refractivity contribution in [3.63, 3.8) is 0 Å². The third kappa shape index (κ3) is 2.23. The van der Waals surface area contributed by atoms with Crippen LogP contribution in [0.2, 0.25) is 0 Å². The van der Waals surface area contributed by atoms with Gasteiger partial charge >= 0.3 is 0 Å². The molecule has 0 aliphatic heterocycles. The second kappa shape index (κ2) is 4.95. The summed E-state index contributed by atoms with van der Waals surface area (Å²) in [6.07, 6.45) is 5.25. The lowest BCUT2D eigenvalue weighted by Gasteiger charge is -1.98. The first-order chi connectivity index (χ1) is 10.4. The first kappa shape index (κ1) is 12.0. The summed E-state index contributed by atoms with van der Waals surface area (Å²) in [6.45, 7) is 0. The number of nitrogens with one attached hydrogen (secondary N) is 1. The Bertz CT molecular complexity index is 847. The van der Waals surface area contributed by atoms with Gasteiger partial charge in [0.1, 0.15) is 6.33 Å². The van der Waals surface area contributed by atoms with Crippen LogP contribution in [0.25, 0.3) is 27.8 Å². The van der Waals surface area contributed by atoms with Crippen molar-refractivity contribution in [1.29, 1.82) is 0 Å². The maximum absolute atomic E-state index is 4.56. The molecule has 102 valence electrons. The van der Waals surface area contributed by atoms with Crippen LogP contribution in [0.3, 0.4) is 0 Å². The fourth-order valence-corrected chi connectivity index (χ4v) is 2.77. The average Bonchev–Trinajstić information content (AvgIpc) is 3.27. The van der Waals surface area contributed by atoms with E-state index in [-0.39, 0.29) is 0 Å². The van der Waals surface area contributed by atoms with E-state index in [9.17, 15) is 0 Å². The van der Waals surface area contributed by atoms with Crippen LogP contribution in [0.15, 0.2) is 54.4 Å². The van der Waals surface area contributed by atoms with Crippen molar-refractivity contribution in [2.24, 2.45) is 0 Å². The molecule has 1 N–H and O–H groups in total. The molecule has 0 fully saturated rings. The van der Waals surface area contributed by atoms with Gasteiger partial charge in [-0.1, -0.05) is 18.2 Å². The quantitative estimate of drug-likeness (QED) is 0.630. The third-order valence-corrected chi connectivity index (χ3v) is 3.87. The molecule has 0 spiro atoms. The minimum Gasteiger partial charge on any atom is -0.257 e. The number of benzene rings is 1. The zero-order valence-corrected chi connectivity index (χ0v) is 11.7. The van der Waals surface area contributed by atoms with Gasteiger partial charge in [-0.15, -0.1) is 11.3 Å². The van der Waals surface area contributed by atoms with Gasteiger partial charge < -0.3 is 0 Å². The molecule has 0 saturated carbocycles. The number of hydrogen-bond acceptors (Lipinski definition) is 5. The monoisotopic (exact) mass is 294 g/mol. The van der Waals surface area contributed by atoms with Gasteiger partial charge in [-0.25, -0.2) is 14.6 Å². The van der Waals surface area contributed by atoms with Gasteiger partial charge in [-0.3, -0.25) is 5.10 Å². The number of thiazole rings is 1. The van der Waals surface area contributed by atoms with E-state index in [4.69, 9.17) is 0 Å². The predicted octanol–water partition coefficient (Wildman–Crippen LogP) is 2.78. The minimum absolute atomic E-state index is 0.682. The molecule has 0 unspecified atom stereocenters. The zero-order valence-electron chi connectivity index (χ0n) is 10.8. The highest BCUT2D eigenvalue weighted by molar-refractivity contribution is 7.13. The third-order valence-electron chi connectivity index (χ3n) is 3.02. The van der Waals surface area contributed by atoms with E-state index < -0.39 is 0 Å². The van der Waals surface area contributed by atoms with Crippen molar-refractivity contribution >= 4 is 11.3 Å². The molecular weight excluding hydrogens is 284 g/mol. The van der Waals surface area contributed by atoms with Gasteiger partial charge in [0.2, 0.25) is 0 Å². The van der Waals surface area contributed by atoms with E-state index in [0.29, 0.717) is 5.82 Å². The maximum atomic E-state index is 4.56. The molecule has 0 radical (unpaired) electrons. The van der Waals surface area contributed by atoms with Crippen molar-refractivity contribution < 1.29 is 0 Å². The van der Waals surface area contributed by atoms with Crippen molar-refractivity contribution in [2.45, 2.75) is 0 Å². The molecule has 0 amide bonds.